The van der Waals surface area contributed by atoms with Crippen LogP contribution in [0.1, 0.15) is 27.3 Å². The van der Waals surface area contributed by atoms with Crippen LogP contribution in [0.5, 0.6) is 0 Å². The van der Waals surface area contributed by atoms with Gasteiger partial charge in [0.1, 0.15) is 0 Å². The van der Waals surface area contributed by atoms with Crippen molar-refractivity contribution in [3.05, 3.63) is 46.8 Å². The summed E-state index contributed by atoms with van der Waals surface area (Å²) < 4.78 is 27.6. The fourth-order valence-electron chi connectivity index (χ4n) is 2.46. The summed E-state index contributed by atoms with van der Waals surface area (Å²) in [5.41, 5.74) is 2.46. The van der Waals surface area contributed by atoms with Crippen molar-refractivity contribution in [2.24, 2.45) is 7.05 Å². The van der Waals surface area contributed by atoms with E-state index in [-0.39, 0.29) is 17.3 Å². The van der Waals surface area contributed by atoms with Gasteiger partial charge in [-0.3, -0.25) is 9.48 Å². The number of benzene rings is 1. The topological polar surface area (TPSA) is 84.3 Å². The lowest BCUT2D eigenvalue weighted by molar-refractivity contribution is 0.0949. The molecule has 0 saturated heterocycles. The molecule has 24 heavy (non-hydrogen) atoms. The van der Waals surface area contributed by atoms with E-state index in [2.05, 4.69) is 10.4 Å². The van der Waals surface area contributed by atoms with E-state index in [1.54, 1.807) is 36.9 Å². The number of nitrogens with one attached hydrogen (secondary N) is 1. The third-order valence-corrected chi connectivity index (χ3v) is 5.82. The number of hydrogen-bond acceptors (Lipinski definition) is 4. The molecule has 0 aliphatic heterocycles. The number of amides is 1. The Bertz CT molecular complexity index is 869. The van der Waals surface area contributed by atoms with Gasteiger partial charge >= 0.3 is 0 Å². The van der Waals surface area contributed by atoms with Crippen molar-refractivity contribution in [2.75, 3.05) is 14.1 Å². The van der Waals surface area contributed by atoms with E-state index in [4.69, 9.17) is 0 Å². The van der Waals surface area contributed by atoms with Crippen molar-refractivity contribution < 1.29 is 13.2 Å². The van der Waals surface area contributed by atoms with Gasteiger partial charge in [-0.1, -0.05) is 18.2 Å². The number of hydrogen-bond donors (Lipinski definition) is 1. The maximum absolute atomic E-state index is 12.4. The molecular weight excluding hydrogens is 328 g/mol. The Hall–Kier alpha value is -2.19. The molecule has 0 unspecified atom stereocenters. The average Bonchev–Trinajstić information content (AvgIpc) is 2.77. The van der Waals surface area contributed by atoms with E-state index < -0.39 is 10.0 Å². The third kappa shape index (κ3) is 3.34. The maximum Gasteiger partial charge on any atom is 0.255 e. The van der Waals surface area contributed by atoms with Crippen molar-refractivity contribution >= 4 is 15.9 Å². The Morgan fingerprint density at radius 1 is 1.25 bits per heavy atom. The van der Waals surface area contributed by atoms with Gasteiger partial charge in [-0.15, -0.1) is 0 Å². The monoisotopic (exact) mass is 350 g/mol. The van der Waals surface area contributed by atoms with Crippen molar-refractivity contribution in [3.63, 3.8) is 0 Å². The fourth-order valence-corrected chi connectivity index (χ4v) is 3.58. The number of aryl methyl sites for hydroxylation is 2. The number of carbonyl (C=O) groups excluding carboxylic acids is 1. The van der Waals surface area contributed by atoms with Gasteiger partial charge in [0, 0.05) is 33.4 Å². The number of sulfonamides is 1. The van der Waals surface area contributed by atoms with Gasteiger partial charge in [0.2, 0.25) is 10.0 Å². The lowest BCUT2D eigenvalue weighted by Crippen LogP contribution is -2.27. The summed E-state index contributed by atoms with van der Waals surface area (Å²) >= 11 is 0. The van der Waals surface area contributed by atoms with Crippen LogP contribution in [0.4, 0.5) is 0 Å². The molecule has 2 rings (SSSR count). The van der Waals surface area contributed by atoms with E-state index in [1.807, 2.05) is 6.92 Å². The van der Waals surface area contributed by atoms with Crippen LogP contribution in [0.15, 0.2) is 29.2 Å². The first-order valence-corrected chi connectivity index (χ1v) is 8.89. The Morgan fingerprint density at radius 2 is 1.88 bits per heavy atom. The first kappa shape index (κ1) is 18.2. The molecule has 1 aromatic heterocycles. The molecule has 0 fully saturated rings. The molecule has 0 spiro atoms. The SMILES string of the molecule is Cc1nn(C)c(C)c1C(=O)NCc1ccccc1S(=O)(=O)N(C)C. The van der Waals surface area contributed by atoms with Crippen LogP contribution in [-0.4, -0.2) is 42.5 Å². The lowest BCUT2D eigenvalue weighted by Gasteiger charge is -2.15. The van der Waals surface area contributed by atoms with Crippen LogP contribution in [0.25, 0.3) is 0 Å². The molecule has 130 valence electrons. The van der Waals surface area contributed by atoms with Gasteiger partial charge in [-0.2, -0.15) is 5.10 Å². The molecule has 0 atom stereocenters. The normalized spacial score (nSPS) is 11.8. The van der Waals surface area contributed by atoms with Crippen molar-refractivity contribution in [1.82, 2.24) is 19.4 Å². The van der Waals surface area contributed by atoms with Gasteiger partial charge in [0.05, 0.1) is 16.2 Å². The molecular formula is C16H22N4O3S. The predicted octanol–water partition coefficient (Wildman–Crippen LogP) is 1.22. The van der Waals surface area contributed by atoms with Crippen LogP contribution < -0.4 is 5.32 Å². The quantitative estimate of drug-likeness (QED) is 0.879. The van der Waals surface area contributed by atoms with E-state index in [1.165, 1.54) is 20.2 Å². The molecule has 0 aliphatic rings. The van der Waals surface area contributed by atoms with Crippen LogP contribution in [0.3, 0.4) is 0 Å². The molecule has 7 nitrogen and oxygen atoms in total. The highest BCUT2D eigenvalue weighted by Gasteiger charge is 2.22. The molecule has 0 bridgehead atoms. The summed E-state index contributed by atoms with van der Waals surface area (Å²) in [7, 11) is 1.17. The van der Waals surface area contributed by atoms with Crippen LogP contribution in [0.2, 0.25) is 0 Å². The molecule has 8 heteroatoms. The Balaban J connectivity index is 2.26. The molecule has 2 aromatic rings. The highest BCUT2D eigenvalue weighted by atomic mass is 32.2. The number of carbonyl (C=O) groups is 1. The van der Waals surface area contributed by atoms with Gasteiger partial charge in [-0.05, 0) is 25.5 Å². The first-order chi connectivity index (χ1) is 11.2. The van der Waals surface area contributed by atoms with E-state index in [9.17, 15) is 13.2 Å². The van der Waals surface area contributed by atoms with Crippen molar-refractivity contribution in [2.45, 2.75) is 25.3 Å². The zero-order chi connectivity index (χ0) is 18.1. The number of aromatic nitrogens is 2. The second-order valence-corrected chi connectivity index (χ2v) is 7.87. The summed E-state index contributed by atoms with van der Waals surface area (Å²) in [6.07, 6.45) is 0. The highest BCUT2D eigenvalue weighted by molar-refractivity contribution is 7.89. The minimum atomic E-state index is -3.57. The van der Waals surface area contributed by atoms with E-state index in [0.29, 0.717) is 16.8 Å². The smallest absolute Gasteiger partial charge is 0.255 e. The second-order valence-electron chi connectivity index (χ2n) is 5.75. The molecule has 0 radical (unpaired) electrons. The molecule has 1 aromatic carbocycles. The van der Waals surface area contributed by atoms with Gasteiger partial charge in [0.25, 0.3) is 5.91 Å². The van der Waals surface area contributed by atoms with E-state index in [0.717, 1.165) is 10.00 Å². The largest absolute Gasteiger partial charge is 0.348 e. The van der Waals surface area contributed by atoms with Crippen LogP contribution in [0, 0.1) is 13.8 Å². The average molecular weight is 350 g/mol. The second kappa shape index (κ2) is 6.74. The first-order valence-electron chi connectivity index (χ1n) is 7.45. The summed E-state index contributed by atoms with van der Waals surface area (Å²) in [5, 5.41) is 7.01. The third-order valence-electron chi connectivity index (χ3n) is 3.91. The standard InChI is InChI=1S/C16H22N4O3S/c1-11-15(12(2)20(5)18-11)16(21)17-10-13-8-6-7-9-14(13)24(22,23)19(3)4/h6-9H,10H2,1-5H3,(H,17,21). The molecule has 1 N–H and O–H groups in total. The van der Waals surface area contributed by atoms with Crippen LogP contribution >= 0.6 is 0 Å². The minimum Gasteiger partial charge on any atom is -0.348 e. The van der Waals surface area contributed by atoms with Crippen molar-refractivity contribution in [1.29, 1.82) is 0 Å². The highest BCUT2D eigenvalue weighted by Crippen LogP contribution is 2.19. The summed E-state index contributed by atoms with van der Waals surface area (Å²) in [6.45, 7) is 3.71. The van der Waals surface area contributed by atoms with Gasteiger partial charge in [0.15, 0.2) is 0 Å². The molecule has 0 saturated carbocycles. The maximum atomic E-state index is 12.4. The summed E-state index contributed by atoms with van der Waals surface area (Å²) in [4.78, 5) is 12.6. The Labute approximate surface area is 142 Å². The minimum absolute atomic E-state index is 0.121. The van der Waals surface area contributed by atoms with Crippen LogP contribution in [-0.2, 0) is 23.6 Å². The Morgan fingerprint density at radius 3 is 2.42 bits per heavy atom. The molecule has 1 amide bonds. The zero-order valence-corrected chi connectivity index (χ0v) is 15.3. The Kier molecular flexibility index (Phi) is 5.10. The fraction of sp³-hybridized carbons (Fsp3) is 0.375. The molecule has 0 aliphatic carbocycles. The lowest BCUT2D eigenvalue weighted by atomic mass is 10.1. The number of nitrogens with zero attached hydrogens (tertiary/aromatic N) is 3. The zero-order valence-electron chi connectivity index (χ0n) is 14.5. The van der Waals surface area contributed by atoms with E-state index >= 15 is 0 Å². The van der Waals surface area contributed by atoms with Gasteiger partial charge < -0.3 is 5.32 Å². The van der Waals surface area contributed by atoms with Crippen molar-refractivity contribution in [3.8, 4) is 0 Å². The molecule has 1 heterocycles. The van der Waals surface area contributed by atoms with Gasteiger partial charge in [-0.25, -0.2) is 12.7 Å². The number of rotatable bonds is 5. The summed E-state index contributed by atoms with van der Waals surface area (Å²) in [5.74, 6) is -0.268. The predicted molar refractivity (Wildman–Crippen MR) is 91.2 cm³/mol. The summed E-state index contributed by atoms with van der Waals surface area (Å²) in [6, 6.07) is 6.64.